The number of nitrogens with zero attached hydrogens (tertiary/aromatic N) is 1. The second-order valence-corrected chi connectivity index (χ2v) is 2.88. The van der Waals surface area contributed by atoms with E-state index in [9.17, 15) is 0 Å². The van der Waals surface area contributed by atoms with Crippen LogP contribution >= 0.6 is 16.3 Å². The Morgan fingerprint density at radius 3 is 3.00 bits per heavy atom. The molecule has 0 bridgehead atoms. The lowest BCUT2D eigenvalue weighted by atomic mass is 10.1. The molecule has 12 heavy (non-hydrogen) atoms. The highest BCUT2D eigenvalue weighted by atomic mass is 79.9. The van der Waals surface area contributed by atoms with Crippen LogP contribution in [0.5, 0.6) is 0 Å². The van der Waals surface area contributed by atoms with Crippen LogP contribution in [-0.4, -0.2) is 6.54 Å². The normalized spacial score (nSPS) is 14.6. The van der Waals surface area contributed by atoms with Crippen molar-refractivity contribution < 1.29 is 3.93 Å². The molecule has 2 rings (SSSR count). The number of anilines is 1. The topological polar surface area (TPSA) is 12.5 Å². The van der Waals surface area contributed by atoms with Gasteiger partial charge < -0.3 is 0 Å². The van der Waals surface area contributed by atoms with Crippen LogP contribution in [0.15, 0.2) is 30.3 Å². The van der Waals surface area contributed by atoms with Gasteiger partial charge in [-0.2, -0.15) is 3.93 Å². The van der Waals surface area contributed by atoms with Gasteiger partial charge in [-0.15, -0.1) is 0 Å². The third-order valence-electron chi connectivity index (χ3n) is 1.86. The molecular weight excluding hydrogens is 218 g/mol. The fourth-order valence-electron chi connectivity index (χ4n) is 1.29. The SMILES string of the molecule is BrON1CC=Cc2ccccc21. The van der Waals surface area contributed by atoms with Crippen LogP contribution in [0.25, 0.3) is 6.08 Å². The summed E-state index contributed by atoms with van der Waals surface area (Å²) < 4.78 is 5.01. The van der Waals surface area contributed by atoms with Gasteiger partial charge in [-0.3, -0.25) is 0 Å². The fourth-order valence-corrected chi connectivity index (χ4v) is 1.57. The van der Waals surface area contributed by atoms with E-state index in [1.54, 1.807) is 5.06 Å². The van der Waals surface area contributed by atoms with E-state index in [0.717, 1.165) is 12.2 Å². The van der Waals surface area contributed by atoms with E-state index in [4.69, 9.17) is 3.93 Å². The third kappa shape index (κ3) is 1.26. The Morgan fingerprint density at radius 2 is 2.17 bits per heavy atom. The first-order valence-corrected chi connectivity index (χ1v) is 4.38. The summed E-state index contributed by atoms with van der Waals surface area (Å²) in [5.74, 6) is 0. The first-order chi connectivity index (χ1) is 5.92. The van der Waals surface area contributed by atoms with Crippen LogP contribution in [0.4, 0.5) is 5.69 Å². The van der Waals surface area contributed by atoms with Crippen LogP contribution in [0, 0.1) is 0 Å². The van der Waals surface area contributed by atoms with E-state index in [1.807, 2.05) is 18.2 Å². The Hall–Kier alpha value is -0.800. The Morgan fingerprint density at radius 1 is 1.33 bits per heavy atom. The van der Waals surface area contributed by atoms with Gasteiger partial charge in [0, 0.05) is 0 Å². The summed E-state index contributed by atoms with van der Waals surface area (Å²) in [5, 5.41) is 1.79. The highest BCUT2D eigenvalue weighted by Crippen LogP contribution is 2.26. The lowest BCUT2D eigenvalue weighted by molar-refractivity contribution is 0.364. The average Bonchev–Trinajstić information content (AvgIpc) is 2.17. The molecule has 1 aliphatic heterocycles. The summed E-state index contributed by atoms with van der Waals surface area (Å²) in [7, 11) is 0. The maximum Gasteiger partial charge on any atom is 0.133 e. The second-order valence-electron chi connectivity index (χ2n) is 2.59. The van der Waals surface area contributed by atoms with Crippen LogP contribution in [0.3, 0.4) is 0 Å². The number of rotatable bonds is 1. The molecule has 1 heterocycles. The van der Waals surface area contributed by atoms with Crippen molar-refractivity contribution in [3.63, 3.8) is 0 Å². The number of fused-ring (bicyclic) bond motifs is 1. The van der Waals surface area contributed by atoms with Crippen LogP contribution in [-0.2, 0) is 3.93 Å². The zero-order valence-electron chi connectivity index (χ0n) is 6.40. The maximum atomic E-state index is 5.01. The summed E-state index contributed by atoms with van der Waals surface area (Å²) in [5.41, 5.74) is 2.28. The molecule has 0 saturated carbocycles. The van der Waals surface area contributed by atoms with E-state index in [2.05, 4.69) is 34.5 Å². The van der Waals surface area contributed by atoms with Crippen molar-refractivity contribution >= 4 is 28.0 Å². The highest BCUT2D eigenvalue weighted by molar-refractivity contribution is 9.06. The number of halogens is 1. The van der Waals surface area contributed by atoms with Gasteiger partial charge in [-0.05, 0) is 11.6 Å². The number of hydrogen-bond donors (Lipinski definition) is 0. The summed E-state index contributed by atoms with van der Waals surface area (Å²) in [4.78, 5) is 0. The van der Waals surface area contributed by atoms with Crippen LogP contribution in [0.2, 0.25) is 0 Å². The minimum atomic E-state index is 0.780. The van der Waals surface area contributed by atoms with E-state index < -0.39 is 0 Å². The minimum absolute atomic E-state index is 0.780. The monoisotopic (exact) mass is 225 g/mol. The lowest BCUT2D eigenvalue weighted by Gasteiger charge is -2.23. The quantitative estimate of drug-likeness (QED) is 0.729. The number of para-hydroxylation sites is 1. The molecule has 0 spiro atoms. The highest BCUT2D eigenvalue weighted by Gasteiger charge is 2.11. The summed E-state index contributed by atoms with van der Waals surface area (Å²) in [6.45, 7) is 0.780. The Labute approximate surface area is 79.9 Å². The molecule has 0 aliphatic carbocycles. The molecule has 2 nitrogen and oxygen atoms in total. The molecule has 3 heteroatoms. The Balaban J connectivity index is 2.45. The molecule has 1 aromatic carbocycles. The van der Waals surface area contributed by atoms with Crippen molar-refractivity contribution in [2.75, 3.05) is 11.6 Å². The first-order valence-electron chi connectivity index (χ1n) is 3.73. The predicted molar refractivity (Wildman–Crippen MR) is 52.8 cm³/mol. The van der Waals surface area contributed by atoms with Gasteiger partial charge in [-0.1, -0.05) is 30.4 Å². The van der Waals surface area contributed by atoms with Gasteiger partial charge in [0.05, 0.1) is 12.2 Å². The smallest absolute Gasteiger partial charge is 0.133 e. The molecule has 0 amide bonds. The number of hydrogen-bond acceptors (Lipinski definition) is 2. The van der Waals surface area contributed by atoms with Gasteiger partial charge in [0.15, 0.2) is 0 Å². The maximum absolute atomic E-state index is 5.01. The molecule has 0 fully saturated rings. The van der Waals surface area contributed by atoms with E-state index >= 15 is 0 Å². The summed E-state index contributed by atoms with van der Waals surface area (Å²) >= 11 is 2.97. The lowest BCUT2D eigenvalue weighted by Crippen LogP contribution is -2.21. The fraction of sp³-hybridized carbons (Fsp3) is 0.111. The molecule has 0 unspecified atom stereocenters. The molecule has 1 aliphatic rings. The van der Waals surface area contributed by atoms with Gasteiger partial charge in [-0.25, -0.2) is 5.06 Å². The number of hydroxylamine groups is 1. The molecule has 62 valence electrons. The van der Waals surface area contributed by atoms with E-state index in [0.29, 0.717) is 0 Å². The van der Waals surface area contributed by atoms with E-state index in [-0.39, 0.29) is 0 Å². The van der Waals surface area contributed by atoms with Crippen molar-refractivity contribution in [3.8, 4) is 0 Å². The van der Waals surface area contributed by atoms with Gasteiger partial charge >= 0.3 is 0 Å². The van der Waals surface area contributed by atoms with Gasteiger partial charge in [0.25, 0.3) is 0 Å². The zero-order valence-corrected chi connectivity index (χ0v) is 7.99. The molecule has 0 atom stereocenters. The van der Waals surface area contributed by atoms with Crippen molar-refractivity contribution in [1.29, 1.82) is 0 Å². The zero-order chi connectivity index (χ0) is 8.39. The van der Waals surface area contributed by atoms with Crippen molar-refractivity contribution in [3.05, 3.63) is 35.9 Å². The molecule has 0 aromatic heterocycles. The third-order valence-corrected chi connectivity index (χ3v) is 2.21. The van der Waals surface area contributed by atoms with Gasteiger partial charge in [0.1, 0.15) is 16.3 Å². The predicted octanol–water partition coefficient (Wildman–Crippen LogP) is 2.76. The largest absolute Gasteiger partial charge is 0.237 e. The molecule has 0 radical (unpaired) electrons. The molecule has 0 N–H and O–H groups in total. The van der Waals surface area contributed by atoms with Crippen LogP contribution < -0.4 is 5.06 Å². The minimum Gasteiger partial charge on any atom is -0.237 e. The number of benzene rings is 1. The average molecular weight is 226 g/mol. The van der Waals surface area contributed by atoms with Crippen molar-refractivity contribution in [2.24, 2.45) is 0 Å². The molecular formula is C9H8BrNO. The first kappa shape index (κ1) is 7.83. The molecule has 1 aromatic rings. The van der Waals surface area contributed by atoms with Crippen LogP contribution in [0.1, 0.15) is 5.56 Å². The van der Waals surface area contributed by atoms with Crippen molar-refractivity contribution in [1.82, 2.24) is 0 Å². The standard InChI is InChI=1S/C9H8BrNO/c10-12-11-7-3-5-8-4-1-2-6-9(8)11/h1-6H,7H2. The molecule has 0 saturated heterocycles. The summed E-state index contributed by atoms with van der Waals surface area (Å²) in [6.07, 6.45) is 4.15. The van der Waals surface area contributed by atoms with Crippen molar-refractivity contribution in [2.45, 2.75) is 0 Å². The van der Waals surface area contributed by atoms with E-state index in [1.165, 1.54) is 5.56 Å². The summed E-state index contributed by atoms with van der Waals surface area (Å²) in [6, 6.07) is 8.10. The van der Waals surface area contributed by atoms with Gasteiger partial charge in [0.2, 0.25) is 0 Å². The second kappa shape index (κ2) is 3.29. The Kier molecular flexibility index (Phi) is 2.15. The Bertz CT molecular complexity index is 311.